The zero-order valence-electron chi connectivity index (χ0n) is 9.64. The van der Waals surface area contributed by atoms with Crippen molar-refractivity contribution in [2.24, 2.45) is 0 Å². The number of rotatable bonds is 5. The number of hydrogen-bond acceptors (Lipinski definition) is 2. The Hall–Kier alpha value is -1.22. The van der Waals surface area contributed by atoms with Gasteiger partial charge < -0.3 is 5.32 Å². The van der Waals surface area contributed by atoms with E-state index in [9.17, 15) is 4.79 Å². The third kappa shape index (κ3) is 5.61. The summed E-state index contributed by atoms with van der Waals surface area (Å²) in [4.78, 5) is 11.3. The minimum Gasteiger partial charge on any atom is -0.350 e. The van der Waals surface area contributed by atoms with Crippen LogP contribution < -0.4 is 5.32 Å². The van der Waals surface area contributed by atoms with Gasteiger partial charge in [-0.05, 0) is 24.8 Å². The molecule has 0 unspecified atom stereocenters. The number of carbonyl (C=O) groups is 1. The van der Waals surface area contributed by atoms with Gasteiger partial charge in [-0.25, -0.2) is 0 Å². The van der Waals surface area contributed by atoms with Crippen molar-refractivity contribution >= 4 is 17.7 Å². The molecule has 1 aromatic rings. The molecular formula is C13H17NOS. The molecule has 0 fully saturated rings. The molecule has 1 rings (SSSR count). The minimum absolute atomic E-state index is 0.0319. The lowest BCUT2D eigenvalue weighted by atomic mass is 10.2. The van der Waals surface area contributed by atoms with E-state index in [0.717, 1.165) is 5.75 Å². The molecule has 0 aliphatic heterocycles. The Morgan fingerprint density at radius 1 is 1.38 bits per heavy atom. The van der Waals surface area contributed by atoms with E-state index >= 15 is 0 Å². The largest absolute Gasteiger partial charge is 0.350 e. The third-order valence-corrected chi connectivity index (χ3v) is 2.67. The Labute approximate surface area is 101 Å². The molecule has 0 heterocycles. The van der Waals surface area contributed by atoms with Gasteiger partial charge >= 0.3 is 0 Å². The summed E-state index contributed by atoms with van der Waals surface area (Å²) in [7, 11) is 0. The van der Waals surface area contributed by atoms with Gasteiger partial charge in [0.05, 0.1) is 0 Å². The van der Waals surface area contributed by atoms with E-state index in [-0.39, 0.29) is 11.9 Å². The third-order valence-electron chi connectivity index (χ3n) is 1.84. The van der Waals surface area contributed by atoms with Gasteiger partial charge in [-0.3, -0.25) is 4.79 Å². The molecule has 16 heavy (non-hydrogen) atoms. The second kappa shape index (κ2) is 7.12. The van der Waals surface area contributed by atoms with Crippen LogP contribution in [0.4, 0.5) is 0 Å². The van der Waals surface area contributed by atoms with Crippen molar-refractivity contribution in [3.05, 3.63) is 47.4 Å². The number of carbonyl (C=O) groups excluding carboxylic acids is 1. The fourth-order valence-corrected chi connectivity index (χ4v) is 1.86. The van der Waals surface area contributed by atoms with Gasteiger partial charge in [-0.1, -0.05) is 30.3 Å². The van der Waals surface area contributed by atoms with E-state index in [2.05, 4.69) is 17.4 Å². The molecular weight excluding hydrogens is 218 g/mol. The lowest BCUT2D eigenvalue weighted by Gasteiger charge is -2.03. The molecule has 1 amide bonds. The summed E-state index contributed by atoms with van der Waals surface area (Å²) >= 11 is 1.62. The van der Waals surface area contributed by atoms with Crippen molar-refractivity contribution in [1.29, 1.82) is 0 Å². The van der Waals surface area contributed by atoms with Gasteiger partial charge in [0, 0.05) is 17.9 Å². The van der Waals surface area contributed by atoms with Crippen LogP contribution in [0.15, 0.2) is 41.8 Å². The molecule has 0 aliphatic carbocycles. The fourth-order valence-electron chi connectivity index (χ4n) is 1.16. The van der Waals surface area contributed by atoms with Crippen molar-refractivity contribution in [2.45, 2.75) is 25.6 Å². The highest BCUT2D eigenvalue weighted by Gasteiger charge is 1.96. The molecule has 0 aromatic heterocycles. The van der Waals surface area contributed by atoms with Crippen molar-refractivity contribution in [3.63, 3.8) is 0 Å². The molecule has 3 heteroatoms. The Morgan fingerprint density at radius 2 is 2.06 bits per heavy atom. The predicted molar refractivity (Wildman–Crippen MR) is 70.2 cm³/mol. The van der Waals surface area contributed by atoms with Crippen LogP contribution in [0.25, 0.3) is 0 Å². The predicted octanol–water partition coefficient (Wildman–Crippen LogP) is 2.96. The first kappa shape index (κ1) is 12.8. The lowest BCUT2D eigenvalue weighted by molar-refractivity contribution is -0.116. The minimum atomic E-state index is -0.0319. The van der Waals surface area contributed by atoms with Gasteiger partial charge in [0.15, 0.2) is 0 Å². The van der Waals surface area contributed by atoms with Crippen LogP contribution in [0.5, 0.6) is 0 Å². The van der Waals surface area contributed by atoms with Crippen LogP contribution in [0.3, 0.4) is 0 Å². The molecule has 0 bridgehead atoms. The molecule has 1 N–H and O–H groups in total. The first-order chi connectivity index (χ1) is 7.68. The van der Waals surface area contributed by atoms with Gasteiger partial charge in [0.2, 0.25) is 5.91 Å². The van der Waals surface area contributed by atoms with Crippen molar-refractivity contribution in [3.8, 4) is 0 Å². The highest BCUT2D eigenvalue weighted by molar-refractivity contribution is 8.01. The van der Waals surface area contributed by atoms with Crippen LogP contribution in [-0.2, 0) is 10.5 Å². The van der Waals surface area contributed by atoms with Gasteiger partial charge in [0.1, 0.15) is 0 Å². The zero-order valence-corrected chi connectivity index (χ0v) is 10.5. The summed E-state index contributed by atoms with van der Waals surface area (Å²) in [5, 5.41) is 4.64. The summed E-state index contributed by atoms with van der Waals surface area (Å²) in [6.07, 6.45) is 1.58. The first-order valence-corrected chi connectivity index (χ1v) is 6.36. The van der Waals surface area contributed by atoms with Crippen LogP contribution in [0, 0.1) is 0 Å². The Balaban J connectivity index is 2.25. The van der Waals surface area contributed by atoms with Crippen LogP contribution in [0.2, 0.25) is 0 Å². The average molecular weight is 235 g/mol. The highest BCUT2D eigenvalue weighted by Crippen LogP contribution is 2.12. The molecule has 2 nitrogen and oxygen atoms in total. The van der Waals surface area contributed by atoms with Crippen LogP contribution in [0.1, 0.15) is 19.4 Å². The monoisotopic (exact) mass is 235 g/mol. The van der Waals surface area contributed by atoms with Crippen molar-refractivity contribution in [2.75, 3.05) is 0 Å². The maximum Gasteiger partial charge on any atom is 0.244 e. The van der Waals surface area contributed by atoms with Crippen LogP contribution in [-0.4, -0.2) is 11.9 Å². The number of nitrogens with one attached hydrogen (secondary N) is 1. The molecule has 0 spiro atoms. The second-order valence-corrected chi connectivity index (χ2v) is 4.66. The molecule has 86 valence electrons. The maximum atomic E-state index is 11.3. The standard InChI is InChI=1S/C13H17NOS/c1-11(2)14-13(15)8-9-16-10-12-6-4-3-5-7-12/h3-9,11H,10H2,1-2H3,(H,14,15)/b9-8+. The molecule has 0 radical (unpaired) electrons. The van der Waals surface area contributed by atoms with E-state index in [1.54, 1.807) is 17.8 Å². The number of benzene rings is 1. The van der Waals surface area contributed by atoms with E-state index in [1.165, 1.54) is 5.56 Å². The Kier molecular flexibility index (Phi) is 5.72. The zero-order chi connectivity index (χ0) is 11.8. The van der Waals surface area contributed by atoms with Gasteiger partial charge in [0.25, 0.3) is 0 Å². The Bertz CT molecular complexity index is 346. The smallest absolute Gasteiger partial charge is 0.244 e. The molecule has 0 saturated heterocycles. The Morgan fingerprint density at radius 3 is 2.69 bits per heavy atom. The summed E-state index contributed by atoms with van der Waals surface area (Å²) in [6.45, 7) is 3.89. The molecule has 0 saturated carbocycles. The number of amides is 1. The van der Waals surface area contributed by atoms with Crippen molar-refractivity contribution < 1.29 is 4.79 Å². The van der Waals surface area contributed by atoms with Crippen LogP contribution >= 0.6 is 11.8 Å². The highest BCUT2D eigenvalue weighted by atomic mass is 32.2. The summed E-state index contributed by atoms with van der Waals surface area (Å²) in [6, 6.07) is 10.4. The van der Waals surface area contributed by atoms with E-state index in [1.807, 2.05) is 37.5 Å². The number of hydrogen-bond donors (Lipinski definition) is 1. The lowest BCUT2D eigenvalue weighted by Crippen LogP contribution is -2.28. The topological polar surface area (TPSA) is 29.1 Å². The fraction of sp³-hybridized carbons (Fsp3) is 0.308. The quantitative estimate of drug-likeness (QED) is 0.795. The summed E-state index contributed by atoms with van der Waals surface area (Å²) in [5.74, 6) is 0.863. The van der Waals surface area contributed by atoms with Gasteiger partial charge in [-0.15, -0.1) is 11.8 Å². The molecule has 0 aliphatic rings. The summed E-state index contributed by atoms with van der Waals surface area (Å²) in [5.41, 5.74) is 1.27. The SMILES string of the molecule is CC(C)NC(=O)/C=C/SCc1ccccc1. The van der Waals surface area contributed by atoms with E-state index < -0.39 is 0 Å². The normalized spacial score (nSPS) is 10.9. The molecule has 0 atom stereocenters. The molecule has 1 aromatic carbocycles. The van der Waals surface area contributed by atoms with E-state index in [4.69, 9.17) is 0 Å². The van der Waals surface area contributed by atoms with E-state index in [0.29, 0.717) is 0 Å². The second-order valence-electron chi connectivity index (χ2n) is 3.76. The first-order valence-electron chi connectivity index (χ1n) is 5.31. The average Bonchev–Trinajstić information content (AvgIpc) is 2.25. The maximum absolute atomic E-state index is 11.3. The summed E-state index contributed by atoms with van der Waals surface area (Å²) < 4.78 is 0. The van der Waals surface area contributed by atoms with Gasteiger partial charge in [-0.2, -0.15) is 0 Å². The van der Waals surface area contributed by atoms with Crippen molar-refractivity contribution in [1.82, 2.24) is 5.32 Å². The number of thioether (sulfide) groups is 1.